The number of carbonyl (C=O) groups is 1. The Morgan fingerprint density at radius 2 is 1.96 bits per heavy atom. The molecular formula is C17H19N5O3. The maximum Gasteiger partial charge on any atom is 0.258 e. The number of methoxy groups -OCH3 is 2. The highest BCUT2D eigenvalue weighted by molar-refractivity contribution is 6.03. The molecule has 0 aliphatic carbocycles. The third kappa shape index (κ3) is 3.86. The Labute approximate surface area is 144 Å². The standard InChI is InChI=1S/C17H19N5O3/c1-24-11-10-18-14-4-3-5-15-19-17(21-22(14)15)20-16(23)12-6-8-13(25-2)9-7-12/h3-9,18H,10-11H2,1-2H3,(H,20,21,23). The number of ether oxygens (including phenoxy) is 2. The van der Waals surface area contributed by atoms with Crippen LogP contribution in [0.5, 0.6) is 5.75 Å². The fourth-order valence-corrected chi connectivity index (χ4v) is 2.29. The summed E-state index contributed by atoms with van der Waals surface area (Å²) in [5.41, 5.74) is 1.13. The van der Waals surface area contributed by atoms with Crippen molar-refractivity contribution >= 4 is 23.3 Å². The molecule has 3 rings (SSSR count). The van der Waals surface area contributed by atoms with Gasteiger partial charge in [-0.3, -0.25) is 10.1 Å². The van der Waals surface area contributed by atoms with Gasteiger partial charge in [0.25, 0.3) is 5.91 Å². The number of hydrogen-bond donors (Lipinski definition) is 2. The summed E-state index contributed by atoms with van der Waals surface area (Å²) in [6.45, 7) is 1.22. The highest BCUT2D eigenvalue weighted by atomic mass is 16.5. The summed E-state index contributed by atoms with van der Waals surface area (Å²) in [4.78, 5) is 16.6. The van der Waals surface area contributed by atoms with Gasteiger partial charge in [0.15, 0.2) is 5.65 Å². The summed E-state index contributed by atoms with van der Waals surface area (Å²) in [5.74, 6) is 1.41. The molecule has 1 amide bonds. The number of benzene rings is 1. The number of rotatable bonds is 7. The van der Waals surface area contributed by atoms with E-state index in [4.69, 9.17) is 9.47 Å². The molecular weight excluding hydrogens is 322 g/mol. The van der Waals surface area contributed by atoms with Gasteiger partial charge in [0.05, 0.1) is 13.7 Å². The lowest BCUT2D eigenvalue weighted by atomic mass is 10.2. The van der Waals surface area contributed by atoms with Crippen LogP contribution < -0.4 is 15.4 Å². The Kier molecular flexibility index (Phi) is 5.10. The molecule has 0 saturated carbocycles. The number of amides is 1. The van der Waals surface area contributed by atoms with Crippen molar-refractivity contribution in [3.8, 4) is 5.75 Å². The quantitative estimate of drug-likeness (QED) is 0.639. The SMILES string of the molecule is COCCNc1cccc2nc(NC(=O)c3ccc(OC)cc3)nn12. The number of aromatic nitrogens is 3. The average molecular weight is 341 g/mol. The van der Waals surface area contributed by atoms with Crippen LogP contribution in [0.15, 0.2) is 42.5 Å². The van der Waals surface area contributed by atoms with Gasteiger partial charge in [-0.1, -0.05) is 6.07 Å². The van der Waals surface area contributed by atoms with E-state index in [-0.39, 0.29) is 11.9 Å². The maximum atomic E-state index is 12.3. The van der Waals surface area contributed by atoms with Crippen LogP contribution in [-0.4, -0.2) is 47.9 Å². The van der Waals surface area contributed by atoms with Crippen LogP contribution in [0.1, 0.15) is 10.4 Å². The van der Waals surface area contributed by atoms with E-state index in [0.29, 0.717) is 30.1 Å². The molecule has 3 aromatic rings. The lowest BCUT2D eigenvalue weighted by Gasteiger charge is -2.06. The number of hydrogen-bond acceptors (Lipinski definition) is 6. The molecule has 0 unspecified atom stereocenters. The highest BCUT2D eigenvalue weighted by Gasteiger charge is 2.11. The molecule has 2 heterocycles. The molecule has 130 valence electrons. The Morgan fingerprint density at radius 1 is 1.16 bits per heavy atom. The minimum absolute atomic E-state index is 0.238. The Hall–Kier alpha value is -3.13. The molecule has 2 N–H and O–H groups in total. The van der Waals surface area contributed by atoms with Crippen LogP contribution in [0.2, 0.25) is 0 Å². The monoisotopic (exact) mass is 341 g/mol. The van der Waals surface area contributed by atoms with Gasteiger partial charge in [0.2, 0.25) is 5.95 Å². The molecule has 0 spiro atoms. The van der Waals surface area contributed by atoms with E-state index in [0.717, 1.165) is 5.82 Å². The second-order valence-corrected chi connectivity index (χ2v) is 5.22. The van der Waals surface area contributed by atoms with Crippen LogP contribution in [0.4, 0.5) is 11.8 Å². The van der Waals surface area contributed by atoms with E-state index >= 15 is 0 Å². The first-order chi connectivity index (χ1) is 12.2. The number of fused-ring (bicyclic) bond motifs is 1. The molecule has 1 aromatic carbocycles. The molecule has 0 bridgehead atoms. The number of carbonyl (C=O) groups excluding carboxylic acids is 1. The second kappa shape index (κ2) is 7.63. The summed E-state index contributed by atoms with van der Waals surface area (Å²) in [5, 5.41) is 10.2. The van der Waals surface area contributed by atoms with Gasteiger partial charge in [-0.25, -0.2) is 0 Å². The van der Waals surface area contributed by atoms with E-state index in [9.17, 15) is 4.79 Å². The summed E-state index contributed by atoms with van der Waals surface area (Å²) < 4.78 is 11.7. The third-order valence-corrected chi connectivity index (χ3v) is 3.55. The molecule has 0 saturated heterocycles. The number of anilines is 2. The molecule has 0 atom stereocenters. The molecule has 8 heteroatoms. The van der Waals surface area contributed by atoms with Gasteiger partial charge in [-0.15, -0.1) is 5.10 Å². The van der Waals surface area contributed by atoms with Crippen LogP contribution in [-0.2, 0) is 4.74 Å². The largest absolute Gasteiger partial charge is 0.497 e. The summed E-state index contributed by atoms with van der Waals surface area (Å²) in [7, 11) is 3.22. The van der Waals surface area contributed by atoms with E-state index in [2.05, 4.69) is 20.7 Å². The molecule has 0 fully saturated rings. The van der Waals surface area contributed by atoms with Crippen molar-refractivity contribution in [2.75, 3.05) is 38.0 Å². The van der Waals surface area contributed by atoms with Crippen LogP contribution in [0, 0.1) is 0 Å². The molecule has 0 aliphatic rings. The van der Waals surface area contributed by atoms with Gasteiger partial charge in [-0.2, -0.15) is 9.50 Å². The van der Waals surface area contributed by atoms with Crippen molar-refractivity contribution in [3.63, 3.8) is 0 Å². The first kappa shape index (κ1) is 16.7. The lowest BCUT2D eigenvalue weighted by Crippen LogP contribution is -2.13. The Morgan fingerprint density at radius 3 is 2.68 bits per heavy atom. The predicted octanol–water partition coefficient (Wildman–Crippen LogP) is 2.05. The maximum absolute atomic E-state index is 12.3. The zero-order valence-corrected chi connectivity index (χ0v) is 14.0. The fraction of sp³-hybridized carbons (Fsp3) is 0.235. The van der Waals surface area contributed by atoms with Crippen molar-refractivity contribution in [1.82, 2.24) is 14.6 Å². The summed E-state index contributed by atoms with van der Waals surface area (Å²) in [6.07, 6.45) is 0. The van der Waals surface area contributed by atoms with Gasteiger partial charge < -0.3 is 14.8 Å². The van der Waals surface area contributed by atoms with Gasteiger partial charge in [-0.05, 0) is 36.4 Å². The second-order valence-electron chi connectivity index (χ2n) is 5.22. The van der Waals surface area contributed by atoms with Crippen molar-refractivity contribution in [2.24, 2.45) is 0 Å². The number of nitrogens with zero attached hydrogens (tertiary/aromatic N) is 3. The van der Waals surface area contributed by atoms with E-state index in [1.807, 2.05) is 18.2 Å². The Bertz CT molecular complexity index is 860. The minimum atomic E-state index is -0.285. The fourth-order valence-electron chi connectivity index (χ4n) is 2.29. The minimum Gasteiger partial charge on any atom is -0.497 e. The lowest BCUT2D eigenvalue weighted by molar-refractivity contribution is 0.102. The highest BCUT2D eigenvalue weighted by Crippen LogP contribution is 2.15. The van der Waals surface area contributed by atoms with E-state index in [1.165, 1.54) is 0 Å². The Balaban J connectivity index is 1.76. The first-order valence-electron chi connectivity index (χ1n) is 7.75. The smallest absolute Gasteiger partial charge is 0.258 e. The average Bonchev–Trinajstić information content (AvgIpc) is 3.05. The molecule has 0 radical (unpaired) electrons. The molecule has 2 aromatic heterocycles. The van der Waals surface area contributed by atoms with Gasteiger partial charge in [0, 0.05) is 19.2 Å². The normalized spacial score (nSPS) is 10.6. The van der Waals surface area contributed by atoms with Crippen LogP contribution >= 0.6 is 0 Å². The van der Waals surface area contributed by atoms with Crippen molar-refractivity contribution in [1.29, 1.82) is 0 Å². The van der Waals surface area contributed by atoms with E-state index in [1.54, 1.807) is 43.0 Å². The molecule has 0 aliphatic heterocycles. The van der Waals surface area contributed by atoms with Crippen molar-refractivity contribution < 1.29 is 14.3 Å². The third-order valence-electron chi connectivity index (χ3n) is 3.55. The zero-order chi connectivity index (χ0) is 17.6. The first-order valence-corrected chi connectivity index (χ1v) is 7.75. The van der Waals surface area contributed by atoms with Crippen molar-refractivity contribution in [3.05, 3.63) is 48.0 Å². The number of pyridine rings is 1. The number of nitrogens with one attached hydrogen (secondary N) is 2. The van der Waals surface area contributed by atoms with E-state index < -0.39 is 0 Å². The zero-order valence-electron chi connectivity index (χ0n) is 14.0. The van der Waals surface area contributed by atoms with Gasteiger partial charge in [0.1, 0.15) is 11.6 Å². The molecule has 25 heavy (non-hydrogen) atoms. The predicted molar refractivity (Wildman–Crippen MR) is 94.3 cm³/mol. The molecule has 8 nitrogen and oxygen atoms in total. The van der Waals surface area contributed by atoms with Crippen LogP contribution in [0.25, 0.3) is 5.65 Å². The summed E-state index contributed by atoms with van der Waals surface area (Å²) >= 11 is 0. The topological polar surface area (TPSA) is 89.8 Å². The van der Waals surface area contributed by atoms with Crippen LogP contribution in [0.3, 0.4) is 0 Å². The summed E-state index contributed by atoms with van der Waals surface area (Å²) in [6, 6.07) is 12.4. The van der Waals surface area contributed by atoms with Crippen molar-refractivity contribution in [2.45, 2.75) is 0 Å². The van der Waals surface area contributed by atoms with Gasteiger partial charge >= 0.3 is 0 Å².